The van der Waals surface area contributed by atoms with E-state index in [1.165, 1.54) is 7.11 Å². The molecule has 2 heterocycles. The number of aliphatic imine (C=N–C) groups is 1. The molecule has 6 nitrogen and oxygen atoms in total. The van der Waals surface area contributed by atoms with Crippen molar-refractivity contribution in [3.8, 4) is 0 Å². The first-order valence-electron chi connectivity index (χ1n) is 7.64. The minimum absolute atomic E-state index is 0.0122. The first kappa shape index (κ1) is 16.4. The van der Waals surface area contributed by atoms with Crippen molar-refractivity contribution in [2.75, 3.05) is 27.2 Å². The van der Waals surface area contributed by atoms with Gasteiger partial charge in [0, 0.05) is 32.2 Å². The number of aryl methyl sites for hydroxylation is 2. The fraction of sp³-hybridized carbons (Fsp3) is 0.625. The maximum Gasteiger partial charge on any atom is 0.308 e. The molecule has 0 amide bonds. The van der Waals surface area contributed by atoms with Crippen LogP contribution in [-0.2, 0) is 16.1 Å². The predicted octanol–water partition coefficient (Wildman–Crippen LogP) is 1.86. The van der Waals surface area contributed by atoms with Gasteiger partial charge in [0.25, 0.3) is 0 Å². The highest BCUT2D eigenvalue weighted by atomic mass is 16.5. The van der Waals surface area contributed by atoms with Gasteiger partial charge in [-0.2, -0.15) is 0 Å². The fourth-order valence-electron chi connectivity index (χ4n) is 2.86. The Bertz CT molecular complexity index is 543. The Hall–Kier alpha value is -1.98. The van der Waals surface area contributed by atoms with Gasteiger partial charge in [0.1, 0.15) is 11.5 Å². The average Bonchev–Trinajstić information content (AvgIpc) is 2.85. The summed E-state index contributed by atoms with van der Waals surface area (Å²) >= 11 is 0. The zero-order valence-electron chi connectivity index (χ0n) is 13.8. The third-order valence-corrected chi connectivity index (χ3v) is 4.12. The van der Waals surface area contributed by atoms with Gasteiger partial charge in [0.2, 0.25) is 0 Å². The third-order valence-electron chi connectivity index (χ3n) is 4.12. The third kappa shape index (κ3) is 3.81. The summed E-state index contributed by atoms with van der Waals surface area (Å²) in [5.41, 5.74) is 1.14. The number of carbonyl (C=O) groups excluding carboxylic acids is 1. The van der Waals surface area contributed by atoms with Crippen molar-refractivity contribution in [2.45, 2.75) is 33.2 Å². The van der Waals surface area contributed by atoms with Crippen LogP contribution in [-0.4, -0.2) is 44.1 Å². The molecule has 1 aromatic rings. The van der Waals surface area contributed by atoms with E-state index in [1.54, 1.807) is 7.05 Å². The van der Waals surface area contributed by atoms with E-state index in [4.69, 9.17) is 9.15 Å². The minimum atomic E-state index is -0.105. The number of ether oxygens (including phenoxy) is 1. The van der Waals surface area contributed by atoms with E-state index in [-0.39, 0.29) is 11.9 Å². The van der Waals surface area contributed by atoms with Crippen molar-refractivity contribution < 1.29 is 13.9 Å². The van der Waals surface area contributed by atoms with E-state index in [0.717, 1.165) is 49.0 Å². The molecule has 1 aliphatic rings. The van der Waals surface area contributed by atoms with Crippen molar-refractivity contribution >= 4 is 11.9 Å². The number of furan rings is 1. The van der Waals surface area contributed by atoms with Gasteiger partial charge in [-0.15, -0.1) is 0 Å². The van der Waals surface area contributed by atoms with Crippen LogP contribution in [0.4, 0.5) is 0 Å². The zero-order valence-corrected chi connectivity index (χ0v) is 13.8. The second-order valence-electron chi connectivity index (χ2n) is 5.62. The summed E-state index contributed by atoms with van der Waals surface area (Å²) in [5, 5.41) is 3.37. The molecule has 0 radical (unpaired) electrons. The van der Waals surface area contributed by atoms with Gasteiger partial charge in [0.15, 0.2) is 5.96 Å². The van der Waals surface area contributed by atoms with Crippen LogP contribution < -0.4 is 5.32 Å². The lowest BCUT2D eigenvalue weighted by Crippen LogP contribution is -2.46. The summed E-state index contributed by atoms with van der Waals surface area (Å²) < 4.78 is 10.4. The maximum absolute atomic E-state index is 11.6. The molecule has 1 saturated heterocycles. The van der Waals surface area contributed by atoms with Crippen LogP contribution in [0.1, 0.15) is 29.9 Å². The molecule has 122 valence electrons. The molecule has 1 aliphatic heterocycles. The number of piperidine rings is 1. The van der Waals surface area contributed by atoms with Gasteiger partial charge in [-0.25, -0.2) is 0 Å². The van der Waals surface area contributed by atoms with Gasteiger partial charge in [0.05, 0.1) is 13.0 Å². The van der Waals surface area contributed by atoms with Gasteiger partial charge >= 0.3 is 5.97 Å². The topological polar surface area (TPSA) is 67.1 Å². The highest BCUT2D eigenvalue weighted by Crippen LogP contribution is 2.19. The number of likely N-dealkylation sites (tertiary alicyclic amines) is 1. The fourth-order valence-corrected chi connectivity index (χ4v) is 2.86. The molecule has 22 heavy (non-hydrogen) atoms. The number of hydrogen-bond acceptors (Lipinski definition) is 4. The average molecular weight is 307 g/mol. The second-order valence-corrected chi connectivity index (χ2v) is 5.62. The van der Waals surface area contributed by atoms with Crippen LogP contribution in [0.2, 0.25) is 0 Å². The van der Waals surface area contributed by atoms with Crippen molar-refractivity contribution in [1.82, 2.24) is 10.2 Å². The summed E-state index contributed by atoms with van der Waals surface area (Å²) in [6, 6.07) is 2.04. The highest BCUT2D eigenvalue weighted by Gasteiger charge is 2.26. The molecule has 1 N–H and O–H groups in total. The number of nitrogens with zero attached hydrogens (tertiary/aromatic N) is 2. The van der Waals surface area contributed by atoms with Crippen LogP contribution in [0, 0.1) is 19.8 Å². The molecule has 1 aromatic heterocycles. The summed E-state index contributed by atoms with van der Waals surface area (Å²) in [4.78, 5) is 18.1. The largest absolute Gasteiger partial charge is 0.469 e. The SMILES string of the molecule is CN=C(NCc1cc(C)oc1C)N1CCC(C(=O)OC)CC1. The molecule has 6 heteroatoms. The number of rotatable bonds is 3. The lowest BCUT2D eigenvalue weighted by Gasteiger charge is -2.33. The molecule has 0 atom stereocenters. The molecular formula is C16H25N3O3. The first-order valence-corrected chi connectivity index (χ1v) is 7.64. The molecule has 2 rings (SSSR count). The smallest absolute Gasteiger partial charge is 0.308 e. The van der Waals surface area contributed by atoms with Crippen molar-refractivity contribution in [3.63, 3.8) is 0 Å². The van der Waals surface area contributed by atoms with Crippen LogP contribution in [0.15, 0.2) is 15.5 Å². The number of hydrogen-bond donors (Lipinski definition) is 1. The standard InChI is InChI=1S/C16H25N3O3/c1-11-9-14(12(2)22-11)10-18-16(17-3)19-7-5-13(6-8-19)15(20)21-4/h9,13H,5-8,10H2,1-4H3,(H,17,18). The van der Waals surface area contributed by atoms with E-state index in [1.807, 2.05) is 19.9 Å². The summed E-state index contributed by atoms with van der Waals surface area (Å²) in [5.74, 6) is 2.62. The Morgan fingerprint density at radius 2 is 2.14 bits per heavy atom. The number of esters is 1. The molecule has 0 spiro atoms. The molecule has 0 aliphatic carbocycles. The number of carbonyl (C=O) groups is 1. The molecule has 0 unspecified atom stereocenters. The molecule has 0 saturated carbocycles. The lowest BCUT2D eigenvalue weighted by atomic mass is 9.97. The molecule has 0 aromatic carbocycles. The quantitative estimate of drug-likeness (QED) is 0.524. The predicted molar refractivity (Wildman–Crippen MR) is 84.7 cm³/mol. The van der Waals surface area contributed by atoms with Gasteiger partial charge in [-0.3, -0.25) is 9.79 Å². The molecular weight excluding hydrogens is 282 g/mol. The van der Waals surface area contributed by atoms with Crippen molar-refractivity contribution in [2.24, 2.45) is 10.9 Å². The van der Waals surface area contributed by atoms with Gasteiger partial charge in [-0.1, -0.05) is 0 Å². The Morgan fingerprint density at radius 3 is 2.64 bits per heavy atom. The minimum Gasteiger partial charge on any atom is -0.469 e. The van der Waals surface area contributed by atoms with E-state index in [2.05, 4.69) is 15.2 Å². The monoisotopic (exact) mass is 307 g/mol. The zero-order chi connectivity index (χ0) is 16.1. The summed E-state index contributed by atoms with van der Waals surface area (Å²) in [6.07, 6.45) is 1.61. The van der Waals surface area contributed by atoms with Gasteiger partial charge in [-0.05, 0) is 32.8 Å². The summed E-state index contributed by atoms with van der Waals surface area (Å²) in [7, 11) is 3.23. The van der Waals surface area contributed by atoms with Gasteiger partial charge < -0.3 is 19.4 Å². The Balaban J connectivity index is 1.88. The van der Waals surface area contributed by atoms with Crippen LogP contribution >= 0.6 is 0 Å². The highest BCUT2D eigenvalue weighted by molar-refractivity contribution is 5.80. The van der Waals surface area contributed by atoms with Crippen molar-refractivity contribution in [3.05, 3.63) is 23.2 Å². The maximum atomic E-state index is 11.6. The number of guanidine groups is 1. The normalized spacial score (nSPS) is 16.7. The van der Waals surface area contributed by atoms with E-state index >= 15 is 0 Å². The van der Waals surface area contributed by atoms with E-state index < -0.39 is 0 Å². The number of nitrogens with one attached hydrogen (secondary N) is 1. The molecule has 1 fully saturated rings. The van der Waals surface area contributed by atoms with Crippen LogP contribution in [0.25, 0.3) is 0 Å². The first-order chi connectivity index (χ1) is 10.5. The van der Waals surface area contributed by atoms with Crippen LogP contribution in [0.3, 0.4) is 0 Å². The van der Waals surface area contributed by atoms with Crippen molar-refractivity contribution in [1.29, 1.82) is 0 Å². The Morgan fingerprint density at radius 1 is 1.45 bits per heavy atom. The Labute approximate surface area is 131 Å². The van der Waals surface area contributed by atoms with Crippen LogP contribution in [0.5, 0.6) is 0 Å². The van der Waals surface area contributed by atoms with E-state index in [9.17, 15) is 4.79 Å². The van der Waals surface area contributed by atoms with E-state index in [0.29, 0.717) is 6.54 Å². The number of methoxy groups -OCH3 is 1. The Kier molecular flexibility index (Phi) is 5.46. The molecule has 0 bridgehead atoms. The lowest BCUT2D eigenvalue weighted by molar-refractivity contribution is -0.146. The second kappa shape index (κ2) is 7.33. The summed E-state index contributed by atoms with van der Waals surface area (Å²) in [6.45, 7) is 6.22.